The lowest BCUT2D eigenvalue weighted by atomic mass is 9.82. The van der Waals surface area contributed by atoms with Crippen LogP contribution in [0, 0.1) is 25.7 Å². The molecule has 2 aromatic carbocycles. The molecule has 0 spiro atoms. The monoisotopic (exact) mass is 447 g/mol. The summed E-state index contributed by atoms with van der Waals surface area (Å²) in [5.41, 5.74) is 4.85. The standard InChI is InChI=1S/C25H25N3O3S/c1-14-5-3-6-15(2)24(14)21-13-23-27-25(26-21)28-32(29,30)18-8-4-7-17(12-18)19-9-16-10-20(19)22(11-16)31-23/h3-8,12-13,16,19-20,22H,9-11H2,1-2H3,(H,26,27,28)/t16-,19?,20-,22+/m0/s1. The maximum absolute atomic E-state index is 13.2. The van der Waals surface area contributed by atoms with Crippen LogP contribution < -0.4 is 9.46 Å². The first-order valence-corrected chi connectivity index (χ1v) is 12.6. The highest BCUT2D eigenvalue weighted by Gasteiger charge is 2.48. The number of hydrogen-bond acceptors (Lipinski definition) is 5. The van der Waals surface area contributed by atoms with Crippen LogP contribution in [-0.2, 0) is 10.0 Å². The smallest absolute Gasteiger partial charge is 0.264 e. The summed E-state index contributed by atoms with van der Waals surface area (Å²) < 4.78 is 35.4. The van der Waals surface area contributed by atoms with Gasteiger partial charge in [-0.05, 0) is 73.8 Å². The number of rotatable bonds is 1. The summed E-state index contributed by atoms with van der Waals surface area (Å²) in [6.07, 6.45) is 3.30. The second-order valence-corrected chi connectivity index (χ2v) is 11.0. The number of nitrogens with one attached hydrogen (secondary N) is 1. The van der Waals surface area contributed by atoms with E-state index in [-0.39, 0.29) is 16.9 Å². The second-order valence-electron chi connectivity index (χ2n) is 9.36. The molecule has 1 aromatic heterocycles. The molecule has 7 heteroatoms. The normalized spacial score (nSPS) is 27.1. The summed E-state index contributed by atoms with van der Waals surface area (Å²) >= 11 is 0. The van der Waals surface area contributed by atoms with Crippen molar-refractivity contribution in [2.24, 2.45) is 11.8 Å². The Morgan fingerprint density at radius 1 is 0.969 bits per heavy atom. The van der Waals surface area contributed by atoms with Crippen LogP contribution in [0.1, 0.15) is 41.9 Å². The highest BCUT2D eigenvalue weighted by molar-refractivity contribution is 7.92. The quantitative estimate of drug-likeness (QED) is 0.578. The van der Waals surface area contributed by atoms with E-state index >= 15 is 0 Å². The molecule has 1 aliphatic heterocycles. The number of aromatic nitrogens is 2. The van der Waals surface area contributed by atoms with Crippen LogP contribution in [-0.4, -0.2) is 24.5 Å². The molecule has 6 bridgehead atoms. The van der Waals surface area contributed by atoms with E-state index in [1.54, 1.807) is 6.07 Å². The van der Waals surface area contributed by atoms with Gasteiger partial charge in [-0.1, -0.05) is 30.3 Å². The molecular weight excluding hydrogens is 422 g/mol. The van der Waals surface area contributed by atoms with Crippen molar-refractivity contribution in [3.8, 4) is 17.1 Å². The summed E-state index contributed by atoms with van der Waals surface area (Å²) in [4.78, 5) is 9.30. The average Bonchev–Trinajstić information content (AvgIpc) is 3.33. The van der Waals surface area contributed by atoms with Crippen molar-refractivity contribution >= 4 is 16.0 Å². The number of sulfonamides is 1. The fraction of sp³-hybridized carbons (Fsp3) is 0.360. The lowest BCUT2D eigenvalue weighted by molar-refractivity contribution is 0.120. The van der Waals surface area contributed by atoms with Gasteiger partial charge in [-0.2, -0.15) is 4.98 Å². The highest BCUT2D eigenvalue weighted by Crippen LogP contribution is 2.54. The molecule has 3 aliphatic rings. The van der Waals surface area contributed by atoms with E-state index in [9.17, 15) is 8.42 Å². The van der Waals surface area contributed by atoms with Gasteiger partial charge in [-0.3, -0.25) is 0 Å². The molecule has 6 rings (SSSR count). The van der Waals surface area contributed by atoms with Crippen LogP contribution in [0.4, 0.5) is 5.95 Å². The lowest BCUT2D eigenvalue weighted by Gasteiger charge is -2.30. The molecule has 4 atom stereocenters. The fourth-order valence-corrected chi connectivity index (χ4v) is 6.93. The number of hydrogen-bond donors (Lipinski definition) is 1. The van der Waals surface area contributed by atoms with Gasteiger partial charge in [0.1, 0.15) is 6.10 Å². The molecule has 2 heterocycles. The van der Waals surface area contributed by atoms with Gasteiger partial charge >= 0.3 is 0 Å². The van der Waals surface area contributed by atoms with Crippen molar-refractivity contribution in [2.75, 3.05) is 4.72 Å². The Bertz CT molecular complexity index is 1320. The zero-order chi connectivity index (χ0) is 22.0. The predicted octanol–water partition coefficient (Wildman–Crippen LogP) is 4.84. The minimum absolute atomic E-state index is 0.0332. The maximum atomic E-state index is 13.2. The van der Waals surface area contributed by atoms with E-state index in [4.69, 9.17) is 4.74 Å². The number of anilines is 1. The molecule has 0 saturated heterocycles. The van der Waals surface area contributed by atoms with Gasteiger partial charge < -0.3 is 4.74 Å². The van der Waals surface area contributed by atoms with Crippen molar-refractivity contribution in [1.29, 1.82) is 0 Å². The van der Waals surface area contributed by atoms with Crippen molar-refractivity contribution in [3.63, 3.8) is 0 Å². The Morgan fingerprint density at radius 2 is 1.75 bits per heavy atom. The van der Waals surface area contributed by atoms with E-state index in [0.29, 0.717) is 29.3 Å². The zero-order valence-electron chi connectivity index (χ0n) is 18.1. The predicted molar refractivity (Wildman–Crippen MR) is 122 cm³/mol. The van der Waals surface area contributed by atoms with Gasteiger partial charge in [-0.25, -0.2) is 18.1 Å². The minimum atomic E-state index is -3.83. The van der Waals surface area contributed by atoms with E-state index in [1.807, 2.05) is 56.3 Å². The molecule has 3 aromatic rings. The first-order valence-electron chi connectivity index (χ1n) is 11.1. The van der Waals surface area contributed by atoms with Crippen LogP contribution in [0.5, 0.6) is 5.88 Å². The minimum Gasteiger partial charge on any atom is -0.474 e. The molecule has 0 radical (unpaired) electrons. The van der Waals surface area contributed by atoms with Crippen LogP contribution in [0.25, 0.3) is 11.3 Å². The Kier molecular flexibility index (Phi) is 4.34. The van der Waals surface area contributed by atoms with Crippen LogP contribution in [0.2, 0.25) is 0 Å². The first-order chi connectivity index (χ1) is 15.4. The van der Waals surface area contributed by atoms with Gasteiger partial charge in [0.05, 0.1) is 10.6 Å². The topological polar surface area (TPSA) is 81.2 Å². The summed E-state index contributed by atoms with van der Waals surface area (Å²) in [5, 5.41) is 0. The highest BCUT2D eigenvalue weighted by atomic mass is 32.2. The Labute approximate surface area is 188 Å². The third-order valence-corrected chi connectivity index (χ3v) is 8.61. The second kappa shape index (κ2) is 7.04. The number of nitrogens with zero attached hydrogens (tertiary/aromatic N) is 2. The number of ether oxygens (including phenoxy) is 1. The molecule has 1 unspecified atom stereocenters. The number of fused-ring (bicyclic) bond motifs is 6. The maximum Gasteiger partial charge on any atom is 0.264 e. The van der Waals surface area contributed by atoms with Gasteiger partial charge in [0.25, 0.3) is 10.0 Å². The molecule has 2 fully saturated rings. The average molecular weight is 448 g/mol. The SMILES string of the molecule is Cc1cccc(C)c1-c1cc2nc(n1)NS(=O)(=O)c1cccc(c1)C1C[C@@H]3C[C@@H](O2)[C@H]1C3. The van der Waals surface area contributed by atoms with E-state index in [1.165, 1.54) is 0 Å². The molecule has 2 aliphatic carbocycles. The third kappa shape index (κ3) is 3.18. The van der Waals surface area contributed by atoms with Crippen molar-refractivity contribution in [2.45, 2.75) is 50.0 Å². The Balaban J connectivity index is 1.54. The zero-order valence-corrected chi connectivity index (χ0v) is 18.9. The molecule has 32 heavy (non-hydrogen) atoms. The largest absolute Gasteiger partial charge is 0.474 e. The molecule has 6 nitrogen and oxygen atoms in total. The molecular formula is C25H25N3O3S. The Hall–Kier alpha value is -2.93. The summed E-state index contributed by atoms with van der Waals surface area (Å²) in [6, 6.07) is 15.2. The van der Waals surface area contributed by atoms with Gasteiger partial charge in [0.2, 0.25) is 11.8 Å². The van der Waals surface area contributed by atoms with E-state index in [2.05, 4.69) is 14.7 Å². The van der Waals surface area contributed by atoms with Gasteiger partial charge in [0, 0.05) is 17.5 Å². The summed E-state index contributed by atoms with van der Waals surface area (Å²) in [6.45, 7) is 4.05. The first kappa shape index (κ1) is 19.7. The van der Waals surface area contributed by atoms with E-state index in [0.717, 1.165) is 41.5 Å². The summed E-state index contributed by atoms with van der Waals surface area (Å²) in [7, 11) is -3.83. The summed E-state index contributed by atoms with van der Waals surface area (Å²) in [5.74, 6) is 1.75. The molecule has 0 amide bonds. The number of aryl methyl sites for hydroxylation is 2. The lowest BCUT2D eigenvalue weighted by Crippen LogP contribution is -2.29. The Morgan fingerprint density at radius 3 is 2.53 bits per heavy atom. The van der Waals surface area contributed by atoms with Crippen LogP contribution in [0.15, 0.2) is 53.4 Å². The van der Waals surface area contributed by atoms with Gasteiger partial charge in [-0.15, -0.1) is 0 Å². The van der Waals surface area contributed by atoms with Crippen molar-refractivity contribution < 1.29 is 13.2 Å². The molecule has 164 valence electrons. The third-order valence-electron chi connectivity index (χ3n) is 7.29. The van der Waals surface area contributed by atoms with E-state index < -0.39 is 10.0 Å². The van der Waals surface area contributed by atoms with Gasteiger partial charge in [0.15, 0.2) is 0 Å². The molecule has 1 N–H and O–H groups in total. The molecule has 2 saturated carbocycles. The van der Waals surface area contributed by atoms with Crippen molar-refractivity contribution in [1.82, 2.24) is 9.97 Å². The van der Waals surface area contributed by atoms with Crippen LogP contribution in [0.3, 0.4) is 0 Å². The fourth-order valence-electron chi connectivity index (χ4n) is 5.93. The number of benzene rings is 2. The van der Waals surface area contributed by atoms with Crippen LogP contribution >= 0.6 is 0 Å². The van der Waals surface area contributed by atoms with Crippen molar-refractivity contribution in [3.05, 3.63) is 65.2 Å².